The van der Waals surface area contributed by atoms with E-state index in [-0.39, 0.29) is 38.5 Å². The molecule has 0 aliphatic carbocycles. The maximum atomic E-state index is 15.4. The highest BCUT2D eigenvalue weighted by molar-refractivity contribution is 5.96. The number of aliphatic hydroxyl groups excluding tert-OH is 1. The average molecular weight is 515 g/mol. The van der Waals surface area contributed by atoms with E-state index in [1.807, 2.05) is 36.1 Å². The predicted octanol–water partition coefficient (Wildman–Crippen LogP) is 3.21. The Morgan fingerprint density at radius 1 is 1.08 bits per heavy atom. The summed E-state index contributed by atoms with van der Waals surface area (Å²) in [5, 5.41) is 14.9. The first-order chi connectivity index (χ1) is 17.7. The monoisotopic (exact) mass is 514 g/mol. The van der Waals surface area contributed by atoms with E-state index < -0.39 is 11.8 Å². The van der Waals surface area contributed by atoms with Gasteiger partial charge in [0.15, 0.2) is 0 Å². The normalized spacial score (nSPS) is 11.0. The number of imide groups is 1. The van der Waals surface area contributed by atoms with Gasteiger partial charge in [0.05, 0.1) is 6.61 Å². The largest absolute Gasteiger partial charge is 0.395 e. The molecule has 0 spiro atoms. The van der Waals surface area contributed by atoms with Crippen LogP contribution < -0.4 is 10.6 Å². The fourth-order valence-electron chi connectivity index (χ4n) is 4.09. The number of nitrogens with zero attached hydrogens (tertiary/aromatic N) is 2. The lowest BCUT2D eigenvalue weighted by Gasteiger charge is -2.24. The third kappa shape index (κ3) is 9.59. The summed E-state index contributed by atoms with van der Waals surface area (Å²) in [7, 11) is 0. The molecule has 2 aromatic rings. The first-order valence-electron chi connectivity index (χ1n) is 12.6. The predicted molar refractivity (Wildman–Crippen MR) is 142 cm³/mol. The lowest BCUT2D eigenvalue weighted by atomic mass is 10.0. The fourth-order valence-corrected chi connectivity index (χ4v) is 4.09. The van der Waals surface area contributed by atoms with Gasteiger partial charge in [-0.25, -0.2) is 4.39 Å². The number of hydrogen-bond donors (Lipinski definition) is 3. The third-order valence-corrected chi connectivity index (χ3v) is 5.93. The van der Waals surface area contributed by atoms with Gasteiger partial charge in [-0.05, 0) is 30.0 Å². The molecule has 0 aromatic heterocycles. The topological polar surface area (TPSA) is 102 Å². The number of aryl methyl sites for hydroxylation is 1. The van der Waals surface area contributed by atoms with Gasteiger partial charge in [-0.2, -0.15) is 0 Å². The highest BCUT2D eigenvalue weighted by atomic mass is 19.1. The van der Waals surface area contributed by atoms with Gasteiger partial charge in [0, 0.05) is 56.0 Å². The number of carbonyl (C=O) groups is 3. The number of rotatable bonds is 15. The number of halogens is 1. The highest BCUT2D eigenvalue weighted by Gasteiger charge is 2.16. The molecule has 202 valence electrons. The molecule has 0 saturated carbocycles. The minimum absolute atomic E-state index is 0.0140. The van der Waals surface area contributed by atoms with E-state index in [0.29, 0.717) is 36.5 Å². The summed E-state index contributed by atoms with van der Waals surface area (Å²) in [5.41, 5.74) is 3.50. The Hall–Kier alpha value is -3.30. The van der Waals surface area contributed by atoms with Crippen LogP contribution in [0.15, 0.2) is 36.4 Å². The Bertz CT molecular complexity index is 1060. The second-order valence-electron chi connectivity index (χ2n) is 9.53. The van der Waals surface area contributed by atoms with Gasteiger partial charge in [0.25, 0.3) is 0 Å². The molecule has 0 aliphatic rings. The van der Waals surface area contributed by atoms with Crippen LogP contribution in [0.3, 0.4) is 0 Å². The fraction of sp³-hybridized carbons (Fsp3) is 0.464. The molecule has 0 aliphatic heterocycles. The molecule has 3 amide bonds. The highest BCUT2D eigenvalue weighted by Crippen LogP contribution is 2.23. The third-order valence-electron chi connectivity index (χ3n) is 5.93. The van der Waals surface area contributed by atoms with Crippen molar-refractivity contribution in [2.45, 2.75) is 53.8 Å². The van der Waals surface area contributed by atoms with Gasteiger partial charge >= 0.3 is 0 Å². The second kappa shape index (κ2) is 15.1. The van der Waals surface area contributed by atoms with E-state index in [1.54, 1.807) is 19.1 Å². The molecule has 2 rings (SSSR count). The molecule has 0 unspecified atom stereocenters. The van der Waals surface area contributed by atoms with Crippen LogP contribution in [0.1, 0.15) is 49.4 Å². The van der Waals surface area contributed by atoms with Crippen LogP contribution in [-0.2, 0) is 34.0 Å². The molecule has 0 saturated heterocycles. The SMILES string of the molecule is CCC(=O)NC(=O)CN(C=O)Cc1c(C)cccc1NCc1cccc(CN(CCO)CC(C)C)c1F. The van der Waals surface area contributed by atoms with E-state index in [4.69, 9.17) is 0 Å². The summed E-state index contributed by atoms with van der Waals surface area (Å²) in [4.78, 5) is 38.6. The van der Waals surface area contributed by atoms with Crippen molar-refractivity contribution >= 4 is 23.9 Å². The molecular formula is C28H39FN4O4. The van der Waals surface area contributed by atoms with Crippen molar-refractivity contribution < 1.29 is 23.9 Å². The Morgan fingerprint density at radius 2 is 1.78 bits per heavy atom. The van der Waals surface area contributed by atoms with E-state index in [0.717, 1.165) is 23.4 Å². The number of benzene rings is 2. The van der Waals surface area contributed by atoms with Gasteiger partial charge in [-0.15, -0.1) is 0 Å². The zero-order valence-corrected chi connectivity index (χ0v) is 22.2. The van der Waals surface area contributed by atoms with Gasteiger partial charge in [-0.3, -0.25) is 24.6 Å². The van der Waals surface area contributed by atoms with Crippen LogP contribution >= 0.6 is 0 Å². The average Bonchev–Trinajstić information content (AvgIpc) is 2.85. The van der Waals surface area contributed by atoms with Crippen molar-refractivity contribution in [2.24, 2.45) is 5.92 Å². The molecule has 37 heavy (non-hydrogen) atoms. The second-order valence-corrected chi connectivity index (χ2v) is 9.53. The van der Waals surface area contributed by atoms with Crippen LogP contribution in [0.5, 0.6) is 0 Å². The molecule has 8 nitrogen and oxygen atoms in total. The number of aliphatic hydroxyl groups is 1. The molecule has 0 heterocycles. The van der Waals surface area contributed by atoms with Crippen LogP contribution in [-0.4, -0.2) is 59.4 Å². The molecule has 0 radical (unpaired) electrons. The van der Waals surface area contributed by atoms with Crippen LogP contribution in [0.4, 0.5) is 10.1 Å². The van der Waals surface area contributed by atoms with Crippen LogP contribution in [0, 0.1) is 18.7 Å². The summed E-state index contributed by atoms with van der Waals surface area (Å²) in [6, 6.07) is 10.9. The van der Waals surface area contributed by atoms with E-state index in [2.05, 4.69) is 24.5 Å². The van der Waals surface area contributed by atoms with E-state index in [9.17, 15) is 19.5 Å². The van der Waals surface area contributed by atoms with Gasteiger partial charge in [-0.1, -0.05) is 51.1 Å². The van der Waals surface area contributed by atoms with Crippen molar-refractivity contribution in [2.75, 3.05) is 31.6 Å². The molecule has 9 heteroatoms. The minimum atomic E-state index is -0.548. The van der Waals surface area contributed by atoms with E-state index >= 15 is 4.39 Å². The zero-order chi connectivity index (χ0) is 27.4. The van der Waals surface area contributed by atoms with Gasteiger partial charge in [0.2, 0.25) is 18.2 Å². The van der Waals surface area contributed by atoms with Crippen molar-refractivity contribution in [3.63, 3.8) is 0 Å². The molecule has 0 atom stereocenters. The Kier molecular flexibility index (Phi) is 12.2. The minimum Gasteiger partial charge on any atom is -0.395 e. The number of nitrogens with one attached hydrogen (secondary N) is 2. The van der Waals surface area contributed by atoms with Crippen molar-refractivity contribution in [3.05, 3.63) is 64.5 Å². The summed E-state index contributed by atoms with van der Waals surface area (Å²) in [5.74, 6) is -0.846. The molecular weight excluding hydrogens is 475 g/mol. The van der Waals surface area contributed by atoms with Crippen LogP contribution in [0.25, 0.3) is 0 Å². The smallest absolute Gasteiger partial charge is 0.246 e. The molecule has 0 fully saturated rings. The summed E-state index contributed by atoms with van der Waals surface area (Å²) in [6.45, 7) is 9.50. The molecule has 3 N–H and O–H groups in total. The number of anilines is 1. The maximum Gasteiger partial charge on any atom is 0.246 e. The first kappa shape index (κ1) is 29.9. The number of carbonyl (C=O) groups excluding carboxylic acids is 3. The van der Waals surface area contributed by atoms with Gasteiger partial charge in [0.1, 0.15) is 12.4 Å². The lowest BCUT2D eigenvalue weighted by Crippen LogP contribution is -2.39. The zero-order valence-electron chi connectivity index (χ0n) is 22.2. The molecule has 0 bridgehead atoms. The molecule has 2 aromatic carbocycles. The van der Waals surface area contributed by atoms with Crippen LogP contribution in [0.2, 0.25) is 0 Å². The number of amides is 3. The summed E-state index contributed by atoms with van der Waals surface area (Å²) < 4.78 is 15.4. The standard InChI is InChI=1S/C28H39FN4O4/c1-5-26(36)31-27(37)18-33(19-35)17-24-21(4)8-6-11-25(24)30-14-22-9-7-10-23(28(22)29)16-32(12-13-34)15-20(2)3/h6-11,19-20,30,34H,5,12-18H2,1-4H3,(H,31,36,37). The summed E-state index contributed by atoms with van der Waals surface area (Å²) >= 11 is 0. The number of hydrogen-bond acceptors (Lipinski definition) is 6. The Labute approximate surface area is 218 Å². The quantitative estimate of drug-likeness (QED) is 0.316. The first-order valence-corrected chi connectivity index (χ1v) is 12.6. The van der Waals surface area contributed by atoms with Crippen molar-refractivity contribution in [1.29, 1.82) is 0 Å². The maximum absolute atomic E-state index is 15.4. The Balaban J connectivity index is 2.15. The lowest BCUT2D eigenvalue weighted by molar-refractivity contribution is -0.133. The van der Waals surface area contributed by atoms with Crippen molar-refractivity contribution in [1.82, 2.24) is 15.1 Å². The summed E-state index contributed by atoms with van der Waals surface area (Å²) in [6.07, 6.45) is 0.748. The Morgan fingerprint density at radius 3 is 2.43 bits per heavy atom. The van der Waals surface area contributed by atoms with E-state index in [1.165, 1.54) is 4.90 Å². The van der Waals surface area contributed by atoms with Gasteiger partial charge < -0.3 is 15.3 Å². The van der Waals surface area contributed by atoms with Crippen molar-refractivity contribution in [3.8, 4) is 0 Å².